The van der Waals surface area contributed by atoms with Gasteiger partial charge in [0.1, 0.15) is 0 Å². The first-order chi connectivity index (χ1) is 7.70. The number of fused-ring (bicyclic) bond motifs is 2. The highest BCUT2D eigenvalue weighted by Crippen LogP contribution is 2.31. The first-order valence-electron chi connectivity index (χ1n) is 6.17. The summed E-state index contributed by atoms with van der Waals surface area (Å²) in [7, 11) is 2.19. The van der Waals surface area contributed by atoms with Crippen molar-refractivity contribution in [2.75, 3.05) is 7.05 Å². The highest BCUT2D eigenvalue weighted by Gasteiger charge is 2.26. The molecule has 2 aliphatic rings. The lowest BCUT2D eigenvalue weighted by atomic mass is 9.82. The highest BCUT2D eigenvalue weighted by molar-refractivity contribution is 5.35. The molecule has 0 aromatic carbocycles. The first-order valence-corrected chi connectivity index (χ1v) is 6.17. The summed E-state index contributed by atoms with van der Waals surface area (Å²) in [6.45, 7) is 6.31. The third-order valence-corrected chi connectivity index (χ3v) is 3.75. The van der Waals surface area contributed by atoms with Gasteiger partial charge in [-0.3, -0.25) is 0 Å². The van der Waals surface area contributed by atoms with Gasteiger partial charge in [-0.05, 0) is 42.2 Å². The molecule has 0 saturated heterocycles. The maximum atomic E-state index is 4.02. The molecule has 0 radical (unpaired) electrons. The normalized spacial score (nSPS) is 33.5. The van der Waals surface area contributed by atoms with E-state index in [1.807, 2.05) is 0 Å². The van der Waals surface area contributed by atoms with E-state index in [1.165, 1.54) is 24.8 Å². The number of hydrogen-bond acceptors (Lipinski definition) is 1. The fraction of sp³-hybridized carbons (Fsp3) is 0.467. The van der Waals surface area contributed by atoms with Crippen LogP contribution in [0.15, 0.2) is 48.2 Å². The van der Waals surface area contributed by atoms with Gasteiger partial charge in [0, 0.05) is 13.1 Å². The Hall–Kier alpha value is -1.24. The molecule has 1 aliphatic carbocycles. The maximum absolute atomic E-state index is 4.02. The predicted octanol–water partition coefficient (Wildman–Crippen LogP) is 3.67. The second-order valence-electron chi connectivity index (χ2n) is 4.84. The molecule has 0 saturated carbocycles. The highest BCUT2D eigenvalue weighted by atomic mass is 15.1. The van der Waals surface area contributed by atoms with E-state index in [9.17, 15) is 0 Å². The molecule has 0 amide bonds. The molecule has 16 heavy (non-hydrogen) atoms. The van der Waals surface area contributed by atoms with Gasteiger partial charge in [0.2, 0.25) is 0 Å². The van der Waals surface area contributed by atoms with Gasteiger partial charge in [0.05, 0.1) is 0 Å². The summed E-state index contributed by atoms with van der Waals surface area (Å²) in [4.78, 5) is 2.36. The van der Waals surface area contributed by atoms with Crippen molar-refractivity contribution >= 4 is 0 Å². The Balaban J connectivity index is 2.30. The van der Waals surface area contributed by atoms with Crippen molar-refractivity contribution in [2.45, 2.75) is 32.2 Å². The van der Waals surface area contributed by atoms with Crippen LogP contribution in [-0.4, -0.2) is 18.0 Å². The van der Waals surface area contributed by atoms with Crippen LogP contribution in [-0.2, 0) is 0 Å². The average molecular weight is 215 g/mol. The third-order valence-electron chi connectivity index (χ3n) is 3.75. The summed E-state index contributed by atoms with van der Waals surface area (Å²) >= 11 is 0. The molecule has 0 N–H and O–H groups in total. The van der Waals surface area contributed by atoms with Gasteiger partial charge in [0.25, 0.3) is 0 Å². The molecule has 2 bridgehead atoms. The van der Waals surface area contributed by atoms with Gasteiger partial charge in [-0.1, -0.05) is 38.2 Å². The second-order valence-corrected chi connectivity index (χ2v) is 4.84. The molecule has 1 unspecified atom stereocenters. The Morgan fingerprint density at radius 2 is 2.19 bits per heavy atom. The fourth-order valence-electron chi connectivity index (χ4n) is 2.60. The van der Waals surface area contributed by atoms with E-state index in [0.717, 1.165) is 11.5 Å². The van der Waals surface area contributed by atoms with Gasteiger partial charge in [-0.15, -0.1) is 0 Å². The van der Waals surface area contributed by atoms with Crippen LogP contribution in [0.5, 0.6) is 0 Å². The number of allylic oxidation sites excluding steroid dienone is 5. The SMILES string of the molecule is C=C1/C=C\C2=CC[C@H](CC)C(C2)N(C)/C=C\1. The zero-order valence-corrected chi connectivity index (χ0v) is 10.3. The lowest BCUT2D eigenvalue weighted by molar-refractivity contribution is 0.219. The average Bonchev–Trinajstić information content (AvgIpc) is 2.36. The minimum absolute atomic E-state index is 0.650. The predicted molar refractivity (Wildman–Crippen MR) is 70.1 cm³/mol. The molecule has 2 atom stereocenters. The van der Waals surface area contributed by atoms with Crippen LogP contribution < -0.4 is 0 Å². The van der Waals surface area contributed by atoms with E-state index in [-0.39, 0.29) is 0 Å². The summed E-state index contributed by atoms with van der Waals surface area (Å²) < 4.78 is 0. The number of rotatable bonds is 1. The van der Waals surface area contributed by atoms with Crippen molar-refractivity contribution in [3.63, 3.8) is 0 Å². The Morgan fingerprint density at radius 1 is 1.38 bits per heavy atom. The van der Waals surface area contributed by atoms with Crippen molar-refractivity contribution in [2.24, 2.45) is 5.92 Å². The van der Waals surface area contributed by atoms with Crippen LogP contribution in [0.4, 0.5) is 0 Å². The van der Waals surface area contributed by atoms with E-state index >= 15 is 0 Å². The minimum atomic E-state index is 0.650. The van der Waals surface area contributed by atoms with Crippen LogP contribution in [0.25, 0.3) is 0 Å². The topological polar surface area (TPSA) is 3.24 Å². The second kappa shape index (κ2) is 4.73. The Kier molecular flexibility index (Phi) is 3.33. The zero-order valence-electron chi connectivity index (χ0n) is 10.3. The fourth-order valence-corrected chi connectivity index (χ4v) is 2.60. The molecular weight excluding hydrogens is 194 g/mol. The molecule has 1 aliphatic heterocycles. The molecule has 0 spiro atoms. The van der Waals surface area contributed by atoms with Crippen molar-refractivity contribution in [3.05, 3.63) is 48.2 Å². The van der Waals surface area contributed by atoms with Gasteiger partial charge in [0.15, 0.2) is 0 Å². The van der Waals surface area contributed by atoms with Crippen LogP contribution in [0.3, 0.4) is 0 Å². The summed E-state index contributed by atoms with van der Waals surface area (Å²) in [6, 6.07) is 0.650. The Morgan fingerprint density at radius 3 is 2.94 bits per heavy atom. The molecule has 1 heterocycles. The monoisotopic (exact) mass is 215 g/mol. The van der Waals surface area contributed by atoms with Crippen molar-refractivity contribution < 1.29 is 0 Å². The lowest BCUT2D eigenvalue weighted by Gasteiger charge is -2.36. The van der Waals surface area contributed by atoms with E-state index in [2.05, 4.69) is 56.0 Å². The molecule has 86 valence electrons. The molecule has 0 fully saturated rings. The summed E-state index contributed by atoms with van der Waals surface area (Å²) in [5, 5.41) is 0. The van der Waals surface area contributed by atoms with Crippen LogP contribution >= 0.6 is 0 Å². The molecule has 0 aromatic rings. The molecule has 1 nitrogen and oxygen atoms in total. The summed E-state index contributed by atoms with van der Waals surface area (Å²) in [5.74, 6) is 0.790. The van der Waals surface area contributed by atoms with E-state index in [1.54, 1.807) is 0 Å². The van der Waals surface area contributed by atoms with Crippen molar-refractivity contribution in [1.82, 2.24) is 4.90 Å². The minimum Gasteiger partial charge on any atom is -0.377 e. The largest absolute Gasteiger partial charge is 0.377 e. The molecular formula is C15H21N. The van der Waals surface area contributed by atoms with Crippen LogP contribution in [0.2, 0.25) is 0 Å². The van der Waals surface area contributed by atoms with Crippen molar-refractivity contribution in [3.8, 4) is 0 Å². The standard InChI is InChI=1S/C15H21N/c1-4-14-8-7-13-6-5-12(2)9-10-16(3)15(14)11-13/h5-7,9-10,14-15H,2,4,8,11H2,1,3H3/b6-5-,10-9-/t14-,15?/m0/s1. The Bertz CT molecular complexity index is 360. The van der Waals surface area contributed by atoms with E-state index in [0.29, 0.717) is 6.04 Å². The van der Waals surface area contributed by atoms with Crippen molar-refractivity contribution in [1.29, 1.82) is 0 Å². The van der Waals surface area contributed by atoms with Gasteiger partial charge in [-0.25, -0.2) is 0 Å². The van der Waals surface area contributed by atoms with E-state index < -0.39 is 0 Å². The van der Waals surface area contributed by atoms with Crippen LogP contribution in [0, 0.1) is 5.92 Å². The molecule has 0 aromatic heterocycles. The smallest absolute Gasteiger partial charge is 0.0352 e. The lowest BCUT2D eigenvalue weighted by Crippen LogP contribution is -2.36. The third kappa shape index (κ3) is 2.29. The molecule has 1 heteroatoms. The number of nitrogens with zero attached hydrogens (tertiary/aromatic N) is 1. The quantitative estimate of drug-likeness (QED) is 0.645. The maximum Gasteiger partial charge on any atom is 0.0352 e. The first kappa shape index (κ1) is 11.3. The van der Waals surface area contributed by atoms with Gasteiger partial charge >= 0.3 is 0 Å². The zero-order chi connectivity index (χ0) is 11.5. The summed E-state index contributed by atoms with van der Waals surface area (Å²) in [5.41, 5.74) is 2.54. The van der Waals surface area contributed by atoms with Gasteiger partial charge < -0.3 is 4.90 Å². The van der Waals surface area contributed by atoms with E-state index in [4.69, 9.17) is 0 Å². The number of hydrogen-bond donors (Lipinski definition) is 0. The molecule has 2 rings (SSSR count). The van der Waals surface area contributed by atoms with Gasteiger partial charge in [-0.2, -0.15) is 0 Å². The summed E-state index contributed by atoms with van der Waals surface area (Å²) in [6.07, 6.45) is 14.7. The Labute approximate surface area is 98.8 Å². The van der Waals surface area contributed by atoms with Crippen LogP contribution in [0.1, 0.15) is 26.2 Å².